The fourth-order valence-electron chi connectivity index (χ4n) is 6.47. The molecule has 3 aromatic carbocycles. The van der Waals surface area contributed by atoms with Crippen molar-refractivity contribution in [3.8, 4) is 17.2 Å². The summed E-state index contributed by atoms with van der Waals surface area (Å²) < 4.78 is 13.6. The summed E-state index contributed by atoms with van der Waals surface area (Å²) in [6.07, 6.45) is 1.06. The van der Waals surface area contributed by atoms with Gasteiger partial charge in [0, 0.05) is 40.0 Å². The lowest BCUT2D eigenvalue weighted by molar-refractivity contribution is -0.116. The molecule has 2 N–H and O–H groups in total. The number of nitrogens with one attached hydrogen (secondary N) is 1. The highest BCUT2D eigenvalue weighted by Gasteiger charge is 2.42. The number of Topliss-reactive ketones (excluding diaryl/α,β-unsaturated/α-hetero) is 1. The lowest BCUT2D eigenvalue weighted by atomic mass is 9.73. The van der Waals surface area contributed by atoms with E-state index in [-0.39, 0.29) is 17.3 Å². The summed E-state index contributed by atoms with van der Waals surface area (Å²) in [6.45, 7) is 2.29. The van der Waals surface area contributed by atoms with Gasteiger partial charge < -0.3 is 19.9 Å². The van der Waals surface area contributed by atoms with Crippen LogP contribution >= 0.6 is 11.3 Å². The zero-order valence-corrected chi connectivity index (χ0v) is 25.6. The largest absolute Gasteiger partial charge is 0.493 e. The van der Waals surface area contributed by atoms with E-state index >= 15 is 0 Å². The van der Waals surface area contributed by atoms with Gasteiger partial charge in [-0.15, -0.1) is 11.3 Å². The third-order valence-electron chi connectivity index (χ3n) is 8.53. The van der Waals surface area contributed by atoms with Crippen LogP contribution in [-0.2, 0) is 11.4 Å². The van der Waals surface area contributed by atoms with Gasteiger partial charge in [0.15, 0.2) is 17.3 Å². The fourth-order valence-corrected chi connectivity index (χ4v) is 7.30. The number of benzene rings is 3. The van der Waals surface area contributed by atoms with Crippen LogP contribution in [0.2, 0.25) is 0 Å². The highest BCUT2D eigenvalue weighted by Crippen LogP contribution is 2.51. The van der Waals surface area contributed by atoms with Crippen LogP contribution in [0.1, 0.15) is 62.3 Å². The highest BCUT2D eigenvalue weighted by atomic mass is 32.1. The normalized spacial score (nSPS) is 17.3. The van der Waals surface area contributed by atoms with Crippen LogP contribution in [0.25, 0.3) is 5.69 Å². The number of allylic oxidation sites excluding steroid dienone is 2. The third kappa shape index (κ3) is 5.19. The second-order valence-electron chi connectivity index (χ2n) is 11.3. The molecule has 0 amide bonds. The van der Waals surface area contributed by atoms with E-state index in [9.17, 15) is 14.7 Å². The average Bonchev–Trinajstić information content (AvgIpc) is 3.72. The summed E-state index contributed by atoms with van der Waals surface area (Å²) in [5.41, 5.74) is 5.57. The van der Waals surface area contributed by atoms with Gasteiger partial charge in [-0.25, -0.2) is 9.48 Å². The Labute approximate surface area is 264 Å². The van der Waals surface area contributed by atoms with Crippen LogP contribution in [0.15, 0.2) is 102 Å². The van der Waals surface area contributed by atoms with Gasteiger partial charge in [-0.3, -0.25) is 4.79 Å². The van der Waals surface area contributed by atoms with E-state index < -0.39 is 11.9 Å². The molecular weight excluding hydrogens is 586 g/mol. The Morgan fingerprint density at radius 1 is 1.02 bits per heavy atom. The summed E-state index contributed by atoms with van der Waals surface area (Å²) >= 11 is 1.66. The number of ether oxygens (including phenoxy) is 2. The molecule has 0 saturated carbocycles. The number of carbonyl (C=O) groups is 2. The van der Waals surface area contributed by atoms with Crippen molar-refractivity contribution in [3.63, 3.8) is 0 Å². The lowest BCUT2D eigenvalue weighted by Crippen LogP contribution is -2.30. The number of hydrogen-bond acceptors (Lipinski definition) is 7. The van der Waals surface area contributed by atoms with Gasteiger partial charge in [0.2, 0.25) is 0 Å². The molecule has 2 aliphatic rings. The predicted molar refractivity (Wildman–Crippen MR) is 173 cm³/mol. The standard InChI is InChI=1S/C36H31N3O5S/c1-21-32-33(23-14-15-29(30(19-23)43-2)44-20-22-9-4-3-5-10-22)34-26(17-24(18-28(34)40)31-13-8-16-45-31)37-35(32)39(38-21)27-12-7-6-11-25(27)36(41)42/h3-16,19,24,33,37H,17-18,20H2,1-2H3,(H,41,42). The molecule has 8 nitrogen and oxygen atoms in total. The molecule has 0 spiro atoms. The van der Waals surface area contributed by atoms with Gasteiger partial charge in [0.05, 0.1) is 24.1 Å². The van der Waals surface area contributed by atoms with Crippen molar-refractivity contribution in [2.24, 2.45) is 0 Å². The number of methoxy groups -OCH3 is 1. The van der Waals surface area contributed by atoms with E-state index in [4.69, 9.17) is 14.6 Å². The number of carboxylic acid groups (broad SMARTS) is 1. The van der Waals surface area contributed by atoms with Gasteiger partial charge in [0.25, 0.3) is 0 Å². The van der Waals surface area contributed by atoms with Gasteiger partial charge >= 0.3 is 5.97 Å². The van der Waals surface area contributed by atoms with Crippen molar-refractivity contribution >= 4 is 28.9 Å². The van der Waals surface area contributed by atoms with Gasteiger partial charge in [-0.1, -0.05) is 54.6 Å². The molecular formula is C36H31N3O5S. The van der Waals surface area contributed by atoms with Crippen LogP contribution < -0.4 is 14.8 Å². The molecule has 1 aliphatic carbocycles. The van der Waals surface area contributed by atoms with Crippen molar-refractivity contribution < 1.29 is 24.2 Å². The van der Waals surface area contributed by atoms with E-state index in [1.165, 1.54) is 4.88 Å². The predicted octanol–water partition coefficient (Wildman–Crippen LogP) is 7.49. The lowest BCUT2D eigenvalue weighted by Gasteiger charge is -2.35. The molecule has 5 aromatic rings. The Morgan fingerprint density at radius 3 is 2.58 bits per heavy atom. The average molecular weight is 618 g/mol. The van der Waals surface area contributed by atoms with Crippen LogP contribution in [-0.4, -0.2) is 33.7 Å². The van der Waals surface area contributed by atoms with E-state index in [0.29, 0.717) is 53.7 Å². The van der Waals surface area contributed by atoms with Gasteiger partial charge in [-0.05, 0) is 60.2 Å². The third-order valence-corrected chi connectivity index (χ3v) is 9.56. The first-order valence-corrected chi connectivity index (χ1v) is 15.6. The van der Waals surface area contributed by atoms with Crippen LogP contribution in [0.5, 0.6) is 11.5 Å². The van der Waals surface area contributed by atoms with Crippen molar-refractivity contribution in [3.05, 3.63) is 134 Å². The maximum absolute atomic E-state index is 14.1. The second kappa shape index (κ2) is 11.7. The Balaban J connectivity index is 1.36. The Hall–Kier alpha value is -5.15. The molecule has 0 saturated heterocycles. The van der Waals surface area contributed by atoms with E-state index in [2.05, 4.69) is 11.4 Å². The fraction of sp³-hybridized carbons (Fsp3) is 0.194. The number of hydrogen-bond donors (Lipinski definition) is 2. The number of carboxylic acids is 1. The maximum atomic E-state index is 14.1. The Bertz CT molecular complexity index is 1940. The number of anilines is 1. The molecule has 45 heavy (non-hydrogen) atoms. The SMILES string of the molecule is COc1cc(C2C3=C(CC(c4cccs4)CC3=O)Nc3c2c(C)nn3-c2ccccc2C(=O)O)ccc1OCc1ccccc1. The number of para-hydroxylation sites is 1. The monoisotopic (exact) mass is 617 g/mol. The first kappa shape index (κ1) is 28.6. The van der Waals surface area contributed by atoms with Gasteiger partial charge in [-0.2, -0.15) is 5.10 Å². The summed E-state index contributed by atoms with van der Waals surface area (Å²) in [6, 6.07) is 26.6. The van der Waals surface area contributed by atoms with Crippen LogP contribution in [0.4, 0.5) is 5.82 Å². The summed E-state index contributed by atoms with van der Waals surface area (Å²) in [5, 5.41) is 20.4. The molecule has 3 heterocycles. The van der Waals surface area contributed by atoms with Crippen molar-refractivity contribution in [1.82, 2.24) is 9.78 Å². The zero-order valence-electron chi connectivity index (χ0n) is 24.8. The quantitative estimate of drug-likeness (QED) is 0.186. The molecule has 2 unspecified atom stereocenters. The first-order valence-electron chi connectivity index (χ1n) is 14.8. The molecule has 2 atom stereocenters. The minimum absolute atomic E-state index is 0.0537. The molecule has 9 heteroatoms. The molecule has 0 radical (unpaired) electrons. The molecule has 7 rings (SSSR count). The molecule has 226 valence electrons. The Morgan fingerprint density at radius 2 is 1.82 bits per heavy atom. The number of aromatic carboxylic acids is 1. The summed E-state index contributed by atoms with van der Waals surface area (Å²) in [4.78, 5) is 27.5. The van der Waals surface area contributed by atoms with Gasteiger partial charge in [0.1, 0.15) is 12.4 Å². The maximum Gasteiger partial charge on any atom is 0.337 e. The van der Waals surface area contributed by atoms with E-state index in [0.717, 1.165) is 22.4 Å². The number of aryl methyl sites for hydroxylation is 1. The number of thiophene rings is 1. The molecule has 2 aromatic heterocycles. The van der Waals surface area contributed by atoms with Crippen LogP contribution in [0, 0.1) is 6.92 Å². The molecule has 0 bridgehead atoms. The minimum atomic E-state index is -1.04. The minimum Gasteiger partial charge on any atom is -0.493 e. The first-order chi connectivity index (χ1) is 21.9. The second-order valence-corrected chi connectivity index (χ2v) is 12.2. The van der Waals surface area contributed by atoms with Crippen molar-refractivity contribution in [1.29, 1.82) is 0 Å². The van der Waals surface area contributed by atoms with Crippen molar-refractivity contribution in [2.45, 2.75) is 38.2 Å². The van der Waals surface area contributed by atoms with Crippen LogP contribution in [0.3, 0.4) is 0 Å². The molecule has 1 aliphatic heterocycles. The summed E-state index contributed by atoms with van der Waals surface area (Å²) in [5.74, 6) is 0.484. The number of ketones is 1. The number of aromatic nitrogens is 2. The topological polar surface area (TPSA) is 103 Å². The number of fused-ring (bicyclic) bond motifs is 1. The number of rotatable bonds is 8. The number of carbonyl (C=O) groups excluding carboxylic acids is 1. The highest BCUT2D eigenvalue weighted by molar-refractivity contribution is 7.10. The smallest absolute Gasteiger partial charge is 0.337 e. The number of nitrogens with zero attached hydrogens (tertiary/aromatic N) is 2. The summed E-state index contributed by atoms with van der Waals surface area (Å²) in [7, 11) is 1.61. The Kier molecular flexibility index (Phi) is 7.47. The van der Waals surface area contributed by atoms with Crippen molar-refractivity contribution in [2.75, 3.05) is 12.4 Å². The van der Waals surface area contributed by atoms with E-state index in [1.807, 2.05) is 66.9 Å². The van der Waals surface area contributed by atoms with E-state index in [1.54, 1.807) is 47.4 Å². The zero-order chi connectivity index (χ0) is 31.1. The molecule has 0 fully saturated rings.